The Balaban J connectivity index is 1.40. The quantitative estimate of drug-likeness (QED) is 0.445. The Morgan fingerprint density at radius 2 is 1.84 bits per heavy atom. The minimum atomic E-state index is -0.127. The molecule has 1 saturated carbocycles. The van der Waals surface area contributed by atoms with E-state index in [1.165, 1.54) is 53.6 Å². The van der Waals surface area contributed by atoms with Gasteiger partial charge in [-0.3, -0.25) is 4.99 Å². The topological polar surface area (TPSA) is 64.6 Å². The van der Waals surface area contributed by atoms with Gasteiger partial charge in [0.2, 0.25) is 0 Å². The molecular weight excluding hydrogens is 468 g/mol. The predicted octanol–water partition coefficient (Wildman–Crippen LogP) is 5.16. The number of piperazine rings is 1. The van der Waals surface area contributed by atoms with Gasteiger partial charge in [-0.2, -0.15) is 0 Å². The van der Waals surface area contributed by atoms with Crippen LogP contribution < -0.4 is 16.0 Å². The van der Waals surface area contributed by atoms with Gasteiger partial charge in [-0.05, 0) is 76.7 Å². The molecule has 2 aliphatic heterocycles. The third-order valence-corrected chi connectivity index (χ3v) is 9.03. The summed E-state index contributed by atoms with van der Waals surface area (Å²) < 4.78 is 0. The van der Waals surface area contributed by atoms with Gasteiger partial charge in [-0.15, -0.1) is 0 Å². The van der Waals surface area contributed by atoms with Crippen LogP contribution >= 0.6 is 0 Å². The Morgan fingerprint density at radius 1 is 1.05 bits per heavy atom. The number of aryl methyl sites for hydroxylation is 1. The minimum Gasteiger partial charge on any atom is -0.367 e. The first-order valence-corrected chi connectivity index (χ1v) is 14.1. The van der Waals surface area contributed by atoms with E-state index in [4.69, 9.17) is 4.98 Å². The van der Waals surface area contributed by atoms with E-state index >= 15 is 0 Å². The first-order valence-electron chi connectivity index (χ1n) is 14.1. The molecule has 1 aromatic heterocycles. The molecule has 38 heavy (non-hydrogen) atoms. The second-order valence-corrected chi connectivity index (χ2v) is 11.3. The Labute approximate surface area is 226 Å². The van der Waals surface area contributed by atoms with E-state index < -0.39 is 0 Å². The molecule has 1 aliphatic carbocycles. The van der Waals surface area contributed by atoms with Crippen molar-refractivity contribution in [2.24, 2.45) is 16.8 Å². The standard InChI is InChI=1S/C32H40N6/c1-21-18-27(23-8-6-5-7-9-23)36-28-19-24(12-15-26(21)28)29-30-31(34-4)35-16-17-38(30)32(2,37-29)25-13-10-22(11-14-25)20-33-3/h5-9,12,15,18-19,22,25,33,37H,10-11,13-14,16-17,20H2,1-4H3,(H,34,35)/t22?,25?,32-/m1/s1. The van der Waals surface area contributed by atoms with Gasteiger partial charge in [0.25, 0.3) is 0 Å². The molecule has 0 spiro atoms. The molecular formula is C32H40N6. The van der Waals surface area contributed by atoms with E-state index in [2.05, 4.69) is 101 Å². The first kappa shape index (κ1) is 24.9. The lowest BCUT2D eigenvalue weighted by Crippen LogP contribution is -2.60. The normalized spacial score (nSPS) is 26.4. The van der Waals surface area contributed by atoms with Gasteiger partial charge in [0.05, 0.1) is 16.9 Å². The number of hydrogen-bond acceptors (Lipinski definition) is 5. The van der Waals surface area contributed by atoms with Crippen LogP contribution in [0.1, 0.15) is 43.7 Å². The van der Waals surface area contributed by atoms with Crippen LogP contribution in [0.2, 0.25) is 0 Å². The van der Waals surface area contributed by atoms with Crippen molar-refractivity contribution in [2.75, 3.05) is 33.7 Å². The van der Waals surface area contributed by atoms with Crippen molar-refractivity contribution < 1.29 is 0 Å². The number of amidine groups is 1. The van der Waals surface area contributed by atoms with E-state index in [-0.39, 0.29) is 5.66 Å². The highest BCUT2D eigenvalue weighted by Crippen LogP contribution is 2.45. The second-order valence-electron chi connectivity index (χ2n) is 11.3. The van der Waals surface area contributed by atoms with E-state index in [9.17, 15) is 0 Å². The van der Waals surface area contributed by atoms with Crippen LogP contribution in [0.4, 0.5) is 0 Å². The average molecular weight is 509 g/mol. The van der Waals surface area contributed by atoms with Crippen LogP contribution in [0.3, 0.4) is 0 Å². The Kier molecular flexibility index (Phi) is 6.60. The summed E-state index contributed by atoms with van der Waals surface area (Å²) in [5.41, 5.74) is 7.86. The highest BCUT2D eigenvalue weighted by atomic mass is 15.4. The van der Waals surface area contributed by atoms with Crippen molar-refractivity contribution in [1.29, 1.82) is 0 Å². The maximum atomic E-state index is 5.12. The number of benzene rings is 2. The largest absolute Gasteiger partial charge is 0.367 e. The Morgan fingerprint density at radius 3 is 2.58 bits per heavy atom. The van der Waals surface area contributed by atoms with Gasteiger partial charge in [-0.1, -0.05) is 42.5 Å². The lowest BCUT2D eigenvalue weighted by atomic mass is 9.75. The van der Waals surface area contributed by atoms with Crippen LogP contribution in [0, 0.1) is 18.8 Å². The molecule has 3 aromatic rings. The number of nitrogens with one attached hydrogen (secondary N) is 3. The van der Waals surface area contributed by atoms with Crippen LogP contribution in [0.5, 0.6) is 0 Å². The molecule has 2 aromatic carbocycles. The summed E-state index contributed by atoms with van der Waals surface area (Å²) in [6, 6.07) is 19.4. The second kappa shape index (κ2) is 10.1. The van der Waals surface area contributed by atoms with E-state index in [1.807, 2.05) is 7.05 Å². The summed E-state index contributed by atoms with van der Waals surface area (Å²) in [4.78, 5) is 12.4. The molecule has 2 fully saturated rings. The highest BCUT2D eigenvalue weighted by Gasteiger charge is 2.49. The molecule has 198 valence electrons. The van der Waals surface area contributed by atoms with Crippen LogP contribution in [0.15, 0.2) is 65.3 Å². The zero-order valence-electron chi connectivity index (χ0n) is 23.1. The maximum absolute atomic E-state index is 5.12. The zero-order valence-corrected chi connectivity index (χ0v) is 23.1. The third kappa shape index (κ3) is 4.25. The molecule has 0 amide bonds. The molecule has 1 atom stereocenters. The molecule has 6 nitrogen and oxygen atoms in total. The monoisotopic (exact) mass is 508 g/mol. The summed E-state index contributed by atoms with van der Waals surface area (Å²) in [5.74, 6) is 2.36. The highest BCUT2D eigenvalue weighted by molar-refractivity contribution is 6.06. The summed E-state index contributed by atoms with van der Waals surface area (Å²) in [6.45, 7) is 7.61. The summed E-state index contributed by atoms with van der Waals surface area (Å²) in [7, 11) is 3.97. The number of rotatable bonds is 5. The number of nitrogens with zero attached hydrogens (tertiary/aromatic N) is 3. The smallest absolute Gasteiger partial charge is 0.146 e. The number of aromatic nitrogens is 1. The third-order valence-electron chi connectivity index (χ3n) is 9.03. The fourth-order valence-corrected chi connectivity index (χ4v) is 6.96. The van der Waals surface area contributed by atoms with Crippen LogP contribution in [-0.4, -0.2) is 55.1 Å². The van der Waals surface area contributed by atoms with Crippen molar-refractivity contribution in [3.05, 3.63) is 71.4 Å². The van der Waals surface area contributed by atoms with E-state index in [0.717, 1.165) is 48.2 Å². The van der Waals surface area contributed by atoms with Crippen molar-refractivity contribution in [1.82, 2.24) is 25.8 Å². The Hall–Kier alpha value is -3.38. The van der Waals surface area contributed by atoms with Gasteiger partial charge in [0.15, 0.2) is 0 Å². The fraction of sp³-hybridized carbons (Fsp3) is 0.438. The maximum Gasteiger partial charge on any atom is 0.146 e. The number of fused-ring (bicyclic) bond motifs is 2. The van der Waals surface area contributed by atoms with Gasteiger partial charge in [0.1, 0.15) is 17.2 Å². The summed E-state index contributed by atoms with van der Waals surface area (Å²) in [5, 5.41) is 12.2. The molecule has 0 unspecified atom stereocenters. The minimum absolute atomic E-state index is 0.127. The number of pyridine rings is 1. The summed E-state index contributed by atoms with van der Waals surface area (Å²) in [6.07, 6.45) is 5.07. The number of hydrogen-bond donors (Lipinski definition) is 3. The molecule has 6 rings (SSSR count). The van der Waals surface area contributed by atoms with Crippen molar-refractivity contribution in [3.8, 4) is 11.3 Å². The van der Waals surface area contributed by atoms with Gasteiger partial charge in [-0.25, -0.2) is 4.98 Å². The lowest BCUT2D eigenvalue weighted by Gasteiger charge is -2.48. The lowest BCUT2D eigenvalue weighted by molar-refractivity contribution is 0.0495. The van der Waals surface area contributed by atoms with E-state index in [0.29, 0.717) is 5.92 Å². The molecule has 3 N–H and O–H groups in total. The first-order chi connectivity index (χ1) is 18.5. The molecule has 0 bridgehead atoms. The fourth-order valence-electron chi connectivity index (χ4n) is 6.96. The van der Waals surface area contributed by atoms with Crippen molar-refractivity contribution in [3.63, 3.8) is 0 Å². The van der Waals surface area contributed by atoms with E-state index in [1.54, 1.807) is 0 Å². The molecule has 6 heteroatoms. The SMILES string of the molecule is CN=C1NCCN2C1=C(c1ccc3c(C)cc(-c4ccccc4)nc3c1)N[C@@]2(C)C1CCC(CNC)CC1. The Bertz CT molecular complexity index is 1390. The predicted molar refractivity (Wildman–Crippen MR) is 158 cm³/mol. The molecule has 3 aliphatic rings. The number of aliphatic imine (C=N–C) groups is 1. The van der Waals surface area contributed by atoms with Crippen molar-refractivity contribution in [2.45, 2.75) is 45.2 Å². The van der Waals surface area contributed by atoms with Crippen LogP contribution in [0.25, 0.3) is 27.9 Å². The van der Waals surface area contributed by atoms with Gasteiger partial charge in [0, 0.05) is 42.6 Å². The van der Waals surface area contributed by atoms with Crippen molar-refractivity contribution >= 4 is 22.4 Å². The van der Waals surface area contributed by atoms with Gasteiger partial charge >= 0.3 is 0 Å². The van der Waals surface area contributed by atoms with Gasteiger partial charge < -0.3 is 20.9 Å². The summed E-state index contributed by atoms with van der Waals surface area (Å²) >= 11 is 0. The molecule has 0 radical (unpaired) electrons. The zero-order chi connectivity index (χ0) is 26.3. The molecule has 1 saturated heterocycles. The average Bonchev–Trinajstić information content (AvgIpc) is 3.27. The molecule has 3 heterocycles. The van der Waals surface area contributed by atoms with Crippen LogP contribution in [-0.2, 0) is 0 Å².